The fraction of sp³-hybridized carbons (Fsp3) is 0.645. The van der Waals surface area contributed by atoms with Gasteiger partial charge in [-0.05, 0) is 77.5 Å². The van der Waals surface area contributed by atoms with E-state index in [9.17, 15) is 9.59 Å². The second-order valence-electron chi connectivity index (χ2n) is 13.3. The molecule has 2 rings (SSSR count). The van der Waals surface area contributed by atoms with Crippen molar-refractivity contribution in [2.45, 2.75) is 123 Å². The Morgan fingerprint density at radius 1 is 1.05 bits per heavy atom. The van der Waals surface area contributed by atoms with Crippen molar-refractivity contribution < 1.29 is 19.1 Å². The zero-order valence-electron chi connectivity index (χ0n) is 26.2. The van der Waals surface area contributed by atoms with Crippen molar-refractivity contribution in [3.05, 3.63) is 53.3 Å². The maximum absolute atomic E-state index is 13.5. The van der Waals surface area contributed by atoms with Crippen LogP contribution in [0.1, 0.15) is 83.7 Å². The lowest BCUT2D eigenvalue weighted by atomic mass is 9.97. The van der Waals surface area contributed by atoms with Gasteiger partial charge in [0.1, 0.15) is 17.9 Å². The molecule has 8 nitrogen and oxygen atoms in total. The molecule has 1 atom stereocenters. The first-order valence-corrected chi connectivity index (χ1v) is 18.3. The first kappa shape index (κ1) is 33.6. The summed E-state index contributed by atoms with van der Waals surface area (Å²) in [6.07, 6.45) is 5.73. The van der Waals surface area contributed by atoms with Gasteiger partial charge < -0.3 is 20.1 Å². The Morgan fingerprint density at radius 2 is 1.73 bits per heavy atom. The number of alkyl carbamates (subject to hydrolysis) is 1. The average molecular weight is 573 g/mol. The summed E-state index contributed by atoms with van der Waals surface area (Å²) in [5.74, 6) is -0.286. The van der Waals surface area contributed by atoms with Gasteiger partial charge in [0.15, 0.2) is 0 Å². The summed E-state index contributed by atoms with van der Waals surface area (Å²) in [4.78, 5) is 26.0. The van der Waals surface area contributed by atoms with Crippen LogP contribution in [0.25, 0.3) is 0 Å². The average Bonchev–Trinajstić information content (AvgIpc) is 3.22. The molecular formula is C31H52N4O4Si. The highest BCUT2D eigenvalue weighted by molar-refractivity contribution is 6.76. The molecule has 0 fully saturated rings. The predicted molar refractivity (Wildman–Crippen MR) is 164 cm³/mol. The molecule has 2 amide bonds. The number of ether oxygens (including phenoxy) is 2. The molecule has 9 heteroatoms. The van der Waals surface area contributed by atoms with Gasteiger partial charge in [0.2, 0.25) is 5.91 Å². The van der Waals surface area contributed by atoms with Gasteiger partial charge in [0.25, 0.3) is 0 Å². The molecule has 0 aliphatic carbocycles. The lowest BCUT2D eigenvalue weighted by molar-refractivity contribution is -0.127. The van der Waals surface area contributed by atoms with Crippen LogP contribution in [0.4, 0.5) is 4.79 Å². The summed E-state index contributed by atoms with van der Waals surface area (Å²) in [7, 11) is -1.18. The number of carbonyl (C=O) groups excluding carboxylic acids is 2. The van der Waals surface area contributed by atoms with Gasteiger partial charge in [-0.3, -0.25) is 4.79 Å². The van der Waals surface area contributed by atoms with Gasteiger partial charge in [0.05, 0.1) is 11.7 Å². The third kappa shape index (κ3) is 12.2. The Labute approximate surface area is 242 Å². The Morgan fingerprint density at radius 3 is 2.33 bits per heavy atom. The van der Waals surface area contributed by atoms with E-state index in [4.69, 9.17) is 14.6 Å². The van der Waals surface area contributed by atoms with Crippen LogP contribution in [0.5, 0.6) is 0 Å². The Bertz CT molecular complexity index is 1070. The van der Waals surface area contributed by atoms with E-state index in [1.54, 1.807) is 34.6 Å². The maximum Gasteiger partial charge on any atom is 0.408 e. The molecule has 0 aliphatic heterocycles. The number of benzene rings is 1. The minimum Gasteiger partial charge on any atom is -0.444 e. The van der Waals surface area contributed by atoms with Gasteiger partial charge in [-0.2, -0.15) is 5.10 Å². The molecule has 0 bridgehead atoms. The first-order valence-electron chi connectivity index (χ1n) is 14.6. The number of amides is 2. The summed E-state index contributed by atoms with van der Waals surface area (Å²) in [5, 5.41) is 10.8. The van der Waals surface area contributed by atoms with Crippen molar-refractivity contribution in [1.82, 2.24) is 20.4 Å². The van der Waals surface area contributed by atoms with Crippen LogP contribution in [0.15, 0.2) is 36.5 Å². The topological polar surface area (TPSA) is 94.5 Å². The molecule has 1 aromatic heterocycles. The van der Waals surface area contributed by atoms with Gasteiger partial charge in [-0.1, -0.05) is 63.3 Å². The minimum absolute atomic E-state index is 0.286. The van der Waals surface area contributed by atoms with Gasteiger partial charge in [-0.15, -0.1) is 0 Å². The Hall–Kier alpha value is -2.65. The van der Waals surface area contributed by atoms with Gasteiger partial charge in [-0.25, -0.2) is 9.48 Å². The number of rotatable bonds is 15. The fourth-order valence-corrected chi connectivity index (χ4v) is 4.98. The van der Waals surface area contributed by atoms with Crippen LogP contribution >= 0.6 is 0 Å². The zero-order chi connectivity index (χ0) is 30.0. The van der Waals surface area contributed by atoms with E-state index in [-0.39, 0.29) is 11.9 Å². The summed E-state index contributed by atoms with van der Waals surface area (Å²) < 4.78 is 13.2. The summed E-state index contributed by atoms with van der Waals surface area (Å²) in [6.45, 7) is 19.0. The number of hydrogen-bond acceptors (Lipinski definition) is 5. The van der Waals surface area contributed by atoms with E-state index in [1.807, 2.05) is 29.1 Å². The fourth-order valence-electron chi connectivity index (χ4n) is 4.22. The third-order valence-corrected chi connectivity index (χ3v) is 8.13. The van der Waals surface area contributed by atoms with E-state index in [0.29, 0.717) is 13.2 Å². The number of carbonyl (C=O) groups is 2. The molecule has 0 radical (unpaired) electrons. The molecule has 1 heterocycles. The highest BCUT2D eigenvalue weighted by atomic mass is 28.3. The van der Waals surface area contributed by atoms with Crippen molar-refractivity contribution >= 4 is 20.1 Å². The smallest absolute Gasteiger partial charge is 0.408 e. The lowest BCUT2D eigenvalue weighted by Crippen LogP contribution is -2.56. The van der Waals surface area contributed by atoms with Crippen LogP contribution in [0, 0.1) is 0 Å². The van der Waals surface area contributed by atoms with Crippen LogP contribution in [-0.2, 0) is 33.8 Å². The van der Waals surface area contributed by atoms with E-state index in [1.165, 1.54) is 5.56 Å². The van der Waals surface area contributed by atoms with Gasteiger partial charge >= 0.3 is 6.09 Å². The molecule has 1 unspecified atom stereocenters. The number of aromatic nitrogens is 2. The number of aryl methyl sites for hydroxylation is 2. The molecule has 2 N–H and O–H groups in total. The molecular weight excluding hydrogens is 520 g/mol. The quantitative estimate of drug-likeness (QED) is 0.184. The second-order valence-corrected chi connectivity index (χ2v) is 19.0. The monoisotopic (exact) mass is 572 g/mol. The SMILES string of the molecule is CCCc1cn(COCC[Si](C)(C)C)nc1C(CCCc1ccccc1)NC(=O)C(C)(C)NC(=O)OC(C)(C)C. The van der Waals surface area contributed by atoms with Gasteiger partial charge in [0, 0.05) is 20.9 Å². The molecule has 0 saturated heterocycles. The van der Waals surface area contributed by atoms with E-state index in [2.05, 4.69) is 49.3 Å². The summed E-state index contributed by atoms with van der Waals surface area (Å²) in [6, 6.07) is 11.1. The summed E-state index contributed by atoms with van der Waals surface area (Å²) >= 11 is 0. The Balaban J connectivity index is 2.23. The highest BCUT2D eigenvalue weighted by Gasteiger charge is 2.34. The molecule has 0 saturated carbocycles. The summed E-state index contributed by atoms with van der Waals surface area (Å²) in [5.41, 5.74) is 1.40. The van der Waals surface area contributed by atoms with Crippen LogP contribution < -0.4 is 10.6 Å². The first-order chi connectivity index (χ1) is 18.6. The van der Waals surface area contributed by atoms with Crippen molar-refractivity contribution in [1.29, 1.82) is 0 Å². The number of nitrogens with one attached hydrogen (secondary N) is 2. The van der Waals surface area contributed by atoms with E-state index in [0.717, 1.165) is 49.6 Å². The van der Waals surface area contributed by atoms with Crippen LogP contribution in [-0.4, -0.2) is 47.6 Å². The number of hydrogen-bond donors (Lipinski definition) is 2. The van der Waals surface area contributed by atoms with Crippen molar-refractivity contribution in [2.75, 3.05) is 6.61 Å². The van der Waals surface area contributed by atoms with Crippen LogP contribution in [0.2, 0.25) is 25.7 Å². The molecule has 40 heavy (non-hydrogen) atoms. The van der Waals surface area contributed by atoms with E-state index >= 15 is 0 Å². The predicted octanol–water partition coefficient (Wildman–Crippen LogP) is 6.63. The molecule has 1 aromatic carbocycles. The molecule has 0 aliphatic rings. The Kier molecular flexibility index (Phi) is 12.4. The van der Waals surface area contributed by atoms with E-state index < -0.39 is 25.3 Å². The largest absolute Gasteiger partial charge is 0.444 e. The third-order valence-electron chi connectivity index (χ3n) is 6.43. The molecule has 224 valence electrons. The van der Waals surface area contributed by atoms with Crippen LogP contribution in [0.3, 0.4) is 0 Å². The normalized spacial score (nSPS) is 13.1. The minimum atomic E-state index is -1.18. The number of nitrogens with zero attached hydrogens (tertiary/aromatic N) is 2. The maximum atomic E-state index is 13.5. The lowest BCUT2D eigenvalue weighted by Gasteiger charge is -2.29. The standard InChI is InChI=1S/C31H52N4O4Si/c1-10-15-25-22-35(23-38-20-21-40(7,8)9)34-27(25)26(19-14-18-24-16-12-11-13-17-24)32-28(36)31(5,6)33-29(37)39-30(2,3)4/h11-13,16-17,22,26H,10,14-15,18-21,23H2,1-9H3,(H,32,36)(H,33,37). The van der Waals surface area contributed by atoms with Crippen molar-refractivity contribution in [3.63, 3.8) is 0 Å². The molecule has 2 aromatic rings. The van der Waals surface area contributed by atoms with Crippen molar-refractivity contribution in [2.24, 2.45) is 0 Å². The zero-order valence-corrected chi connectivity index (χ0v) is 27.2. The highest BCUT2D eigenvalue weighted by Crippen LogP contribution is 2.25. The van der Waals surface area contributed by atoms with Crippen molar-refractivity contribution in [3.8, 4) is 0 Å². The second kappa shape index (κ2) is 14.8. The molecule has 0 spiro atoms.